The highest BCUT2D eigenvalue weighted by molar-refractivity contribution is 6.31. The Bertz CT molecular complexity index is 369. The molecule has 1 amide bonds. The summed E-state index contributed by atoms with van der Waals surface area (Å²) in [6.45, 7) is 3.78. The van der Waals surface area contributed by atoms with E-state index in [0.29, 0.717) is 17.1 Å². The van der Waals surface area contributed by atoms with E-state index in [9.17, 15) is 4.79 Å². The first kappa shape index (κ1) is 15.2. The van der Waals surface area contributed by atoms with Crippen LogP contribution in [0.25, 0.3) is 0 Å². The number of anilines is 1. The number of nitrogens with two attached hydrogens (primary N) is 1. The molecule has 0 aliphatic heterocycles. The maximum absolute atomic E-state index is 11.5. The van der Waals surface area contributed by atoms with Crippen molar-refractivity contribution in [1.82, 2.24) is 0 Å². The molecular formula is C11H16Cl2N2O. The van der Waals surface area contributed by atoms with Crippen molar-refractivity contribution in [2.75, 3.05) is 5.32 Å². The minimum Gasteiger partial charge on any atom is -0.325 e. The molecule has 1 aromatic rings. The van der Waals surface area contributed by atoms with Crippen LogP contribution >= 0.6 is 24.0 Å². The summed E-state index contributed by atoms with van der Waals surface area (Å²) in [6.07, 6.45) is 0.616. The number of aryl methyl sites for hydroxylation is 1. The fourth-order valence-corrected chi connectivity index (χ4v) is 1.27. The van der Waals surface area contributed by atoms with Crippen LogP contribution in [0.5, 0.6) is 0 Å². The zero-order valence-electron chi connectivity index (χ0n) is 9.29. The number of halogens is 2. The van der Waals surface area contributed by atoms with Gasteiger partial charge in [-0.25, -0.2) is 0 Å². The van der Waals surface area contributed by atoms with Crippen molar-refractivity contribution in [2.24, 2.45) is 5.73 Å². The minimum absolute atomic E-state index is 0. The van der Waals surface area contributed by atoms with E-state index in [1.807, 2.05) is 26.0 Å². The van der Waals surface area contributed by atoms with Crippen LogP contribution in [-0.4, -0.2) is 11.9 Å². The molecule has 0 aliphatic carbocycles. The summed E-state index contributed by atoms with van der Waals surface area (Å²) in [6, 6.07) is 4.92. The van der Waals surface area contributed by atoms with Crippen LogP contribution in [0.4, 0.5) is 5.69 Å². The molecule has 0 saturated heterocycles. The van der Waals surface area contributed by atoms with E-state index < -0.39 is 6.04 Å². The van der Waals surface area contributed by atoms with Gasteiger partial charge in [0.2, 0.25) is 5.91 Å². The number of amides is 1. The molecule has 0 aromatic heterocycles. The average Bonchev–Trinajstić information content (AvgIpc) is 2.22. The van der Waals surface area contributed by atoms with Crippen LogP contribution in [0.3, 0.4) is 0 Å². The number of nitrogens with one attached hydrogen (secondary N) is 1. The second-order valence-corrected chi connectivity index (χ2v) is 3.88. The number of rotatable bonds is 3. The van der Waals surface area contributed by atoms with Crippen molar-refractivity contribution < 1.29 is 4.79 Å². The summed E-state index contributed by atoms with van der Waals surface area (Å²) in [5, 5.41) is 3.35. The van der Waals surface area contributed by atoms with Gasteiger partial charge in [-0.3, -0.25) is 4.79 Å². The smallest absolute Gasteiger partial charge is 0.241 e. The van der Waals surface area contributed by atoms with Gasteiger partial charge in [0.05, 0.1) is 6.04 Å². The second kappa shape index (κ2) is 6.74. The van der Waals surface area contributed by atoms with Crippen molar-refractivity contribution in [3.8, 4) is 0 Å². The summed E-state index contributed by atoms with van der Waals surface area (Å²) < 4.78 is 0. The van der Waals surface area contributed by atoms with E-state index in [1.165, 1.54) is 0 Å². The predicted molar refractivity (Wildman–Crippen MR) is 70.3 cm³/mol. The highest BCUT2D eigenvalue weighted by Gasteiger charge is 2.10. The van der Waals surface area contributed by atoms with Gasteiger partial charge in [0.1, 0.15) is 0 Å². The minimum atomic E-state index is -0.468. The second-order valence-electron chi connectivity index (χ2n) is 3.47. The molecule has 0 radical (unpaired) electrons. The van der Waals surface area contributed by atoms with Crippen LogP contribution in [0.15, 0.2) is 18.2 Å². The van der Waals surface area contributed by atoms with Crippen molar-refractivity contribution in [1.29, 1.82) is 0 Å². The third-order valence-electron chi connectivity index (χ3n) is 2.22. The molecule has 5 heteroatoms. The molecule has 1 rings (SSSR count). The molecule has 0 saturated carbocycles. The van der Waals surface area contributed by atoms with Crippen molar-refractivity contribution >= 4 is 35.6 Å². The maximum atomic E-state index is 11.5. The van der Waals surface area contributed by atoms with Gasteiger partial charge in [-0.05, 0) is 31.0 Å². The summed E-state index contributed by atoms with van der Waals surface area (Å²) in [5.41, 5.74) is 7.25. The molecular weight excluding hydrogens is 247 g/mol. The highest BCUT2D eigenvalue weighted by atomic mass is 35.5. The van der Waals surface area contributed by atoms with E-state index in [-0.39, 0.29) is 18.3 Å². The van der Waals surface area contributed by atoms with Gasteiger partial charge in [0.15, 0.2) is 0 Å². The third kappa shape index (κ3) is 4.00. The normalized spacial score (nSPS) is 11.5. The first-order chi connectivity index (χ1) is 7.04. The Morgan fingerprint density at radius 3 is 2.69 bits per heavy atom. The zero-order valence-corrected chi connectivity index (χ0v) is 10.9. The topological polar surface area (TPSA) is 55.1 Å². The van der Waals surface area contributed by atoms with Gasteiger partial charge in [-0.1, -0.05) is 24.6 Å². The van der Waals surface area contributed by atoms with Crippen LogP contribution < -0.4 is 11.1 Å². The molecule has 16 heavy (non-hydrogen) atoms. The first-order valence-electron chi connectivity index (χ1n) is 4.87. The third-order valence-corrected chi connectivity index (χ3v) is 2.62. The molecule has 3 nitrogen and oxygen atoms in total. The summed E-state index contributed by atoms with van der Waals surface area (Å²) in [7, 11) is 0. The Kier molecular flexibility index (Phi) is 6.41. The number of hydrogen-bond acceptors (Lipinski definition) is 2. The van der Waals surface area contributed by atoms with Crippen LogP contribution in [0.1, 0.15) is 18.9 Å². The van der Waals surface area contributed by atoms with Gasteiger partial charge < -0.3 is 11.1 Å². The van der Waals surface area contributed by atoms with E-state index in [1.54, 1.807) is 6.07 Å². The Balaban J connectivity index is 0.00000225. The molecule has 0 heterocycles. The number of carbonyl (C=O) groups is 1. The van der Waals surface area contributed by atoms with Gasteiger partial charge in [-0.15, -0.1) is 12.4 Å². The SMILES string of the molecule is CC[C@H](N)C(=O)Nc1ccc(C)c(Cl)c1.Cl. The molecule has 0 unspecified atom stereocenters. The zero-order chi connectivity index (χ0) is 11.4. The van der Waals surface area contributed by atoms with Gasteiger partial charge in [0, 0.05) is 10.7 Å². The predicted octanol–water partition coefficient (Wildman–Crippen LogP) is 2.75. The fraction of sp³-hybridized carbons (Fsp3) is 0.364. The van der Waals surface area contributed by atoms with E-state index in [2.05, 4.69) is 5.32 Å². The first-order valence-corrected chi connectivity index (χ1v) is 5.25. The lowest BCUT2D eigenvalue weighted by Gasteiger charge is -2.10. The Morgan fingerprint density at radius 2 is 2.19 bits per heavy atom. The van der Waals surface area contributed by atoms with Crippen LogP contribution in [-0.2, 0) is 4.79 Å². The maximum Gasteiger partial charge on any atom is 0.241 e. The van der Waals surface area contributed by atoms with Crippen molar-refractivity contribution in [3.05, 3.63) is 28.8 Å². The lowest BCUT2D eigenvalue weighted by Crippen LogP contribution is -2.34. The molecule has 3 N–H and O–H groups in total. The molecule has 0 spiro atoms. The molecule has 1 atom stereocenters. The van der Waals surface area contributed by atoms with Gasteiger partial charge in [-0.2, -0.15) is 0 Å². The molecule has 0 fully saturated rings. The lowest BCUT2D eigenvalue weighted by atomic mass is 10.2. The average molecular weight is 263 g/mol. The summed E-state index contributed by atoms with van der Waals surface area (Å²) in [5.74, 6) is -0.183. The van der Waals surface area contributed by atoms with E-state index in [4.69, 9.17) is 17.3 Å². The van der Waals surface area contributed by atoms with Gasteiger partial charge in [0.25, 0.3) is 0 Å². The Labute approximate surface area is 107 Å². The van der Waals surface area contributed by atoms with Crippen LogP contribution in [0.2, 0.25) is 5.02 Å². The Morgan fingerprint density at radius 1 is 1.56 bits per heavy atom. The molecule has 0 aliphatic rings. The largest absolute Gasteiger partial charge is 0.325 e. The van der Waals surface area contributed by atoms with E-state index in [0.717, 1.165) is 5.56 Å². The molecule has 1 aromatic carbocycles. The highest BCUT2D eigenvalue weighted by Crippen LogP contribution is 2.19. The standard InChI is InChI=1S/C11H15ClN2O.ClH/c1-3-10(13)11(15)14-8-5-4-7(2)9(12)6-8;/h4-6,10H,3,13H2,1-2H3,(H,14,15);1H/t10-;/m0./s1. The van der Waals surface area contributed by atoms with E-state index >= 15 is 0 Å². The number of carbonyl (C=O) groups excluding carboxylic acids is 1. The Hall–Kier alpha value is -0.770. The quantitative estimate of drug-likeness (QED) is 0.880. The fourth-order valence-electron chi connectivity index (χ4n) is 1.09. The van der Waals surface area contributed by atoms with Crippen molar-refractivity contribution in [2.45, 2.75) is 26.3 Å². The monoisotopic (exact) mass is 262 g/mol. The van der Waals surface area contributed by atoms with Crippen LogP contribution in [0, 0.1) is 6.92 Å². The number of hydrogen-bond donors (Lipinski definition) is 2. The molecule has 0 bridgehead atoms. The number of benzene rings is 1. The summed E-state index contributed by atoms with van der Waals surface area (Å²) >= 11 is 5.93. The summed E-state index contributed by atoms with van der Waals surface area (Å²) in [4.78, 5) is 11.5. The lowest BCUT2D eigenvalue weighted by molar-refractivity contribution is -0.117. The molecule has 90 valence electrons. The van der Waals surface area contributed by atoms with Crippen molar-refractivity contribution in [3.63, 3.8) is 0 Å². The van der Waals surface area contributed by atoms with Gasteiger partial charge >= 0.3 is 0 Å².